The molecule has 0 saturated carbocycles. The lowest BCUT2D eigenvalue weighted by atomic mass is 10.1. The van der Waals surface area contributed by atoms with E-state index in [0.29, 0.717) is 11.4 Å². The molecule has 0 aliphatic carbocycles. The van der Waals surface area contributed by atoms with Gasteiger partial charge in [-0.25, -0.2) is 9.37 Å². The second-order valence-corrected chi connectivity index (χ2v) is 5.52. The van der Waals surface area contributed by atoms with Gasteiger partial charge in [-0.05, 0) is 37.3 Å². The summed E-state index contributed by atoms with van der Waals surface area (Å²) in [5.41, 5.74) is 0.0499. The molecule has 0 aliphatic heterocycles. The first-order chi connectivity index (χ1) is 12.3. The van der Waals surface area contributed by atoms with Crippen molar-refractivity contribution >= 4 is 23.1 Å². The summed E-state index contributed by atoms with van der Waals surface area (Å²) in [6.07, 6.45) is -4.49. The highest BCUT2D eigenvalue weighted by Gasteiger charge is 2.33. The van der Waals surface area contributed by atoms with Crippen molar-refractivity contribution in [3.63, 3.8) is 0 Å². The van der Waals surface area contributed by atoms with Gasteiger partial charge in [0.15, 0.2) is 0 Å². The van der Waals surface area contributed by atoms with Crippen molar-refractivity contribution < 1.29 is 17.6 Å². The van der Waals surface area contributed by atoms with Crippen LogP contribution < -0.4 is 10.6 Å². The van der Waals surface area contributed by atoms with Crippen molar-refractivity contribution in [3.8, 4) is 0 Å². The summed E-state index contributed by atoms with van der Waals surface area (Å²) in [5.74, 6) is -0.101. The van der Waals surface area contributed by atoms with E-state index in [1.807, 2.05) is 0 Å². The van der Waals surface area contributed by atoms with Gasteiger partial charge in [0.25, 0.3) is 0 Å². The maximum atomic E-state index is 13.3. The summed E-state index contributed by atoms with van der Waals surface area (Å²) in [6, 6.07) is 12.3. The highest BCUT2D eigenvalue weighted by Crippen LogP contribution is 2.35. The molecule has 3 aromatic rings. The van der Waals surface area contributed by atoms with Crippen molar-refractivity contribution in [2.24, 2.45) is 0 Å². The van der Waals surface area contributed by atoms with E-state index < -0.39 is 17.6 Å². The Labute approximate surface area is 146 Å². The number of anilines is 4. The molecule has 0 spiro atoms. The predicted octanol–water partition coefficient (Wildman–Crippen LogP) is 5.43. The maximum absolute atomic E-state index is 13.3. The van der Waals surface area contributed by atoms with Gasteiger partial charge < -0.3 is 10.6 Å². The third kappa shape index (κ3) is 4.27. The van der Waals surface area contributed by atoms with Gasteiger partial charge in [-0.2, -0.15) is 18.2 Å². The number of rotatable bonds is 4. The largest absolute Gasteiger partial charge is 0.418 e. The highest BCUT2D eigenvalue weighted by molar-refractivity contribution is 5.63. The van der Waals surface area contributed by atoms with Gasteiger partial charge in [0.05, 0.1) is 11.3 Å². The Kier molecular flexibility index (Phi) is 4.75. The summed E-state index contributed by atoms with van der Waals surface area (Å²) < 4.78 is 52.6. The summed E-state index contributed by atoms with van der Waals surface area (Å²) in [7, 11) is 0. The molecule has 0 fully saturated rings. The number of nitrogens with one attached hydrogen (secondary N) is 2. The molecule has 1 aromatic heterocycles. The number of hydrogen-bond donors (Lipinski definition) is 2. The zero-order valence-corrected chi connectivity index (χ0v) is 13.6. The second-order valence-electron chi connectivity index (χ2n) is 5.52. The van der Waals surface area contributed by atoms with E-state index in [1.165, 1.54) is 42.5 Å². The lowest BCUT2D eigenvalue weighted by Crippen LogP contribution is -2.09. The number of alkyl halides is 3. The van der Waals surface area contributed by atoms with Crippen molar-refractivity contribution in [3.05, 3.63) is 71.7 Å². The monoisotopic (exact) mass is 362 g/mol. The molecule has 0 unspecified atom stereocenters. The summed E-state index contributed by atoms with van der Waals surface area (Å²) in [4.78, 5) is 8.32. The number of nitrogens with zero attached hydrogens (tertiary/aromatic N) is 2. The topological polar surface area (TPSA) is 49.8 Å². The second kappa shape index (κ2) is 6.99. The van der Waals surface area contributed by atoms with Crippen LogP contribution in [0.2, 0.25) is 0 Å². The summed E-state index contributed by atoms with van der Waals surface area (Å²) >= 11 is 0. The van der Waals surface area contributed by atoms with E-state index in [2.05, 4.69) is 20.6 Å². The van der Waals surface area contributed by atoms with Crippen molar-refractivity contribution in [2.75, 3.05) is 10.6 Å². The van der Waals surface area contributed by atoms with Gasteiger partial charge >= 0.3 is 6.18 Å². The Morgan fingerprint density at radius 2 is 1.65 bits per heavy atom. The molecule has 0 radical (unpaired) electrons. The number of hydrogen-bond acceptors (Lipinski definition) is 4. The average molecular weight is 362 g/mol. The summed E-state index contributed by atoms with van der Waals surface area (Å²) in [6.45, 7) is 1.68. The smallest absolute Gasteiger partial charge is 0.340 e. The molecular formula is C18H14F4N4. The summed E-state index contributed by atoms with van der Waals surface area (Å²) in [5, 5.41) is 5.50. The lowest BCUT2D eigenvalue weighted by Gasteiger charge is -2.15. The van der Waals surface area contributed by atoms with Gasteiger partial charge in [-0.1, -0.05) is 18.2 Å². The van der Waals surface area contributed by atoms with Crippen LogP contribution in [0.1, 0.15) is 11.3 Å². The Balaban J connectivity index is 1.89. The molecule has 2 aromatic carbocycles. The van der Waals surface area contributed by atoms with E-state index in [-0.39, 0.29) is 17.5 Å². The molecule has 8 heteroatoms. The van der Waals surface area contributed by atoms with E-state index >= 15 is 0 Å². The molecule has 0 atom stereocenters. The molecule has 0 saturated heterocycles. The third-order valence-corrected chi connectivity index (χ3v) is 3.43. The van der Waals surface area contributed by atoms with Crippen LogP contribution >= 0.6 is 0 Å². The van der Waals surface area contributed by atoms with Crippen LogP contribution in [0.25, 0.3) is 0 Å². The molecule has 4 nitrogen and oxygen atoms in total. The van der Waals surface area contributed by atoms with Gasteiger partial charge in [-0.3, -0.25) is 0 Å². The average Bonchev–Trinajstić information content (AvgIpc) is 2.54. The van der Waals surface area contributed by atoms with Crippen LogP contribution in [-0.4, -0.2) is 9.97 Å². The first-order valence-corrected chi connectivity index (χ1v) is 7.63. The molecule has 0 amide bonds. The minimum Gasteiger partial charge on any atom is -0.340 e. The van der Waals surface area contributed by atoms with Crippen LogP contribution in [0.3, 0.4) is 0 Å². The zero-order chi connectivity index (χ0) is 18.7. The van der Waals surface area contributed by atoms with Gasteiger partial charge in [-0.15, -0.1) is 0 Å². The van der Waals surface area contributed by atoms with E-state index in [9.17, 15) is 17.6 Å². The van der Waals surface area contributed by atoms with Crippen molar-refractivity contribution in [2.45, 2.75) is 13.1 Å². The maximum Gasteiger partial charge on any atom is 0.418 e. The number of benzene rings is 2. The van der Waals surface area contributed by atoms with Crippen LogP contribution in [-0.2, 0) is 6.18 Å². The molecule has 2 N–H and O–H groups in total. The fraction of sp³-hybridized carbons (Fsp3) is 0.111. The molecular weight excluding hydrogens is 348 g/mol. The van der Waals surface area contributed by atoms with Crippen LogP contribution in [0.5, 0.6) is 0 Å². The lowest BCUT2D eigenvalue weighted by molar-refractivity contribution is -0.136. The standard InChI is InChI=1S/C18H14F4N4/c1-11-9-16(25-15-8-3-2-7-14(15)18(20,21)22)26-17(23-11)24-13-6-4-5-12(19)10-13/h2-10H,1H3,(H2,23,24,25,26). The third-order valence-electron chi connectivity index (χ3n) is 3.43. The SMILES string of the molecule is Cc1cc(Nc2ccccc2C(F)(F)F)nc(Nc2cccc(F)c2)n1. The number of aromatic nitrogens is 2. The van der Waals surface area contributed by atoms with Crippen LogP contribution in [0.15, 0.2) is 54.6 Å². The fourth-order valence-electron chi connectivity index (χ4n) is 2.36. The Hall–Kier alpha value is -3.16. The molecule has 26 heavy (non-hydrogen) atoms. The minimum absolute atomic E-state index is 0.116. The molecule has 1 heterocycles. The molecule has 0 aliphatic rings. The fourth-order valence-corrected chi connectivity index (χ4v) is 2.36. The van der Waals surface area contributed by atoms with Crippen LogP contribution in [0.4, 0.5) is 40.7 Å². The minimum atomic E-state index is -4.49. The van der Waals surface area contributed by atoms with Crippen molar-refractivity contribution in [1.29, 1.82) is 0 Å². The number of aryl methyl sites for hydroxylation is 1. The van der Waals surface area contributed by atoms with Gasteiger partial charge in [0, 0.05) is 17.4 Å². The molecule has 3 rings (SSSR count). The first kappa shape index (κ1) is 17.7. The first-order valence-electron chi connectivity index (χ1n) is 7.63. The Morgan fingerprint density at radius 3 is 2.38 bits per heavy atom. The van der Waals surface area contributed by atoms with E-state index in [4.69, 9.17) is 0 Å². The zero-order valence-electron chi connectivity index (χ0n) is 13.6. The van der Waals surface area contributed by atoms with Gasteiger partial charge in [0.1, 0.15) is 11.6 Å². The Morgan fingerprint density at radius 1 is 0.885 bits per heavy atom. The van der Waals surface area contributed by atoms with Crippen molar-refractivity contribution in [1.82, 2.24) is 9.97 Å². The quantitative estimate of drug-likeness (QED) is 0.608. The number of para-hydroxylation sites is 1. The normalized spacial score (nSPS) is 11.3. The highest BCUT2D eigenvalue weighted by atomic mass is 19.4. The van der Waals surface area contributed by atoms with Crippen LogP contribution in [0, 0.1) is 12.7 Å². The molecule has 134 valence electrons. The van der Waals surface area contributed by atoms with Gasteiger partial charge in [0.2, 0.25) is 5.95 Å². The van der Waals surface area contributed by atoms with E-state index in [1.54, 1.807) is 13.0 Å². The molecule has 0 bridgehead atoms. The predicted molar refractivity (Wildman–Crippen MR) is 91.2 cm³/mol. The Bertz CT molecular complexity index is 925. The van der Waals surface area contributed by atoms with E-state index in [0.717, 1.165) is 6.07 Å². The number of halogens is 4.